The summed E-state index contributed by atoms with van der Waals surface area (Å²) in [5, 5.41) is 11.4. The Morgan fingerprint density at radius 3 is 2.00 bits per heavy atom. The topological polar surface area (TPSA) is 38.0 Å². The van der Waals surface area contributed by atoms with Crippen molar-refractivity contribution in [2.24, 2.45) is 0 Å². The number of hydrogen-bond donors (Lipinski definition) is 1. The van der Waals surface area contributed by atoms with Crippen molar-refractivity contribution in [1.82, 2.24) is 9.55 Å². The third-order valence-electron chi connectivity index (χ3n) is 5.30. The molecule has 29 heavy (non-hydrogen) atoms. The van der Waals surface area contributed by atoms with Gasteiger partial charge in [-0.1, -0.05) is 79.0 Å². The van der Waals surface area contributed by atoms with Gasteiger partial charge >= 0.3 is 0 Å². The second-order valence-corrected chi connectivity index (χ2v) is 12.7. The highest BCUT2D eigenvalue weighted by molar-refractivity contribution is 8.14. The van der Waals surface area contributed by atoms with E-state index in [9.17, 15) is 5.11 Å². The lowest BCUT2D eigenvalue weighted by atomic mass is 10.2. The summed E-state index contributed by atoms with van der Waals surface area (Å²) in [6.45, 7) is 6.63. The van der Waals surface area contributed by atoms with E-state index >= 15 is 0 Å². The number of aromatic nitrogens is 2. The maximum absolute atomic E-state index is 11.4. The third kappa shape index (κ3) is 5.54. The molecule has 0 fully saturated rings. The molecule has 5 heteroatoms. The Labute approximate surface area is 179 Å². The van der Waals surface area contributed by atoms with Crippen molar-refractivity contribution >= 4 is 23.9 Å². The van der Waals surface area contributed by atoms with Crippen LogP contribution in [0, 0.1) is 0 Å². The second-order valence-electron chi connectivity index (χ2n) is 7.26. The van der Waals surface area contributed by atoms with E-state index in [1.807, 2.05) is 22.9 Å². The van der Waals surface area contributed by atoms with Crippen LogP contribution in [-0.4, -0.2) is 27.0 Å². The number of imidazole rings is 1. The standard InChI is InChI=1S/C24H29N2OPS/c1-3-22-19-26(4-2)23(25-22)24(27)28(29,17-15-20-11-7-5-8-12-20)18-16-21-13-9-6-10-14-21/h3,5-14,19,24,27H,1,4,15-18H2,2H3. The van der Waals surface area contributed by atoms with Gasteiger partial charge in [-0.15, -0.1) is 0 Å². The average Bonchev–Trinajstić information content (AvgIpc) is 3.21. The van der Waals surface area contributed by atoms with Crippen LogP contribution in [0.4, 0.5) is 0 Å². The van der Waals surface area contributed by atoms with Gasteiger partial charge in [0.2, 0.25) is 0 Å². The molecule has 1 atom stereocenters. The first-order chi connectivity index (χ1) is 14.1. The summed E-state index contributed by atoms with van der Waals surface area (Å²) in [5.41, 5.74) is 3.31. The third-order valence-corrected chi connectivity index (χ3v) is 10.1. The fourth-order valence-electron chi connectivity index (χ4n) is 3.50. The monoisotopic (exact) mass is 424 g/mol. The zero-order valence-corrected chi connectivity index (χ0v) is 18.7. The van der Waals surface area contributed by atoms with Crippen molar-refractivity contribution in [3.8, 4) is 0 Å². The lowest BCUT2D eigenvalue weighted by molar-refractivity contribution is 0.246. The molecule has 2 aromatic carbocycles. The summed E-state index contributed by atoms with van der Waals surface area (Å²) in [6, 6.07) is 18.7. The van der Waals surface area contributed by atoms with Crippen LogP contribution in [0.5, 0.6) is 0 Å². The molecule has 3 rings (SSSR count). The normalized spacial score (nSPS) is 12.6. The fraction of sp³-hybridized carbons (Fsp3) is 0.292. The second kappa shape index (κ2) is 10.2. The number of aryl methyl sites for hydroxylation is 3. The number of rotatable bonds is 10. The highest BCUT2D eigenvalue weighted by Crippen LogP contribution is 2.58. The Kier molecular flexibility index (Phi) is 7.60. The summed E-state index contributed by atoms with van der Waals surface area (Å²) in [5.74, 6) is -0.0227. The Morgan fingerprint density at radius 1 is 1.03 bits per heavy atom. The molecule has 1 unspecified atom stereocenters. The van der Waals surface area contributed by atoms with Crippen LogP contribution in [0.15, 0.2) is 73.4 Å². The van der Waals surface area contributed by atoms with Gasteiger partial charge in [0.15, 0.2) is 0 Å². The predicted molar refractivity (Wildman–Crippen MR) is 127 cm³/mol. The predicted octanol–water partition coefficient (Wildman–Crippen LogP) is 5.50. The lowest BCUT2D eigenvalue weighted by Gasteiger charge is -2.28. The van der Waals surface area contributed by atoms with Crippen LogP contribution in [-0.2, 0) is 31.2 Å². The minimum Gasteiger partial charge on any atom is -0.380 e. The van der Waals surface area contributed by atoms with Crippen molar-refractivity contribution in [2.45, 2.75) is 32.2 Å². The van der Waals surface area contributed by atoms with Gasteiger partial charge in [-0.05, 0) is 55.3 Å². The summed E-state index contributed by atoms with van der Waals surface area (Å²) >= 11 is 6.24. The van der Waals surface area contributed by atoms with E-state index in [1.54, 1.807) is 6.08 Å². The van der Waals surface area contributed by atoms with Crippen LogP contribution in [0.1, 0.15) is 35.4 Å². The van der Waals surface area contributed by atoms with Crippen molar-refractivity contribution in [3.63, 3.8) is 0 Å². The van der Waals surface area contributed by atoms with Crippen LogP contribution in [0.25, 0.3) is 6.08 Å². The SMILES string of the molecule is C=Cc1cn(CC)c(C(O)P(=S)(CCc2ccccc2)CCc2ccccc2)n1. The maximum atomic E-state index is 11.4. The van der Waals surface area contributed by atoms with Gasteiger partial charge < -0.3 is 9.67 Å². The van der Waals surface area contributed by atoms with E-state index < -0.39 is 11.9 Å². The largest absolute Gasteiger partial charge is 0.380 e. The summed E-state index contributed by atoms with van der Waals surface area (Å²) in [4.78, 5) is 4.63. The zero-order chi connectivity index (χ0) is 20.7. The highest BCUT2D eigenvalue weighted by Gasteiger charge is 2.31. The zero-order valence-electron chi connectivity index (χ0n) is 16.9. The molecule has 1 aromatic heterocycles. The molecule has 3 aromatic rings. The molecule has 0 aliphatic heterocycles. The van der Waals surface area contributed by atoms with Gasteiger partial charge in [-0.2, -0.15) is 0 Å². The number of nitrogens with zero attached hydrogens (tertiary/aromatic N) is 2. The minimum atomic E-state index is -2.13. The van der Waals surface area contributed by atoms with Crippen molar-refractivity contribution in [3.05, 3.63) is 96.1 Å². The molecule has 0 aliphatic carbocycles. The van der Waals surface area contributed by atoms with Gasteiger partial charge in [0.1, 0.15) is 11.7 Å². The van der Waals surface area contributed by atoms with Gasteiger partial charge in [-0.3, -0.25) is 0 Å². The first-order valence-electron chi connectivity index (χ1n) is 10.1. The van der Waals surface area contributed by atoms with Gasteiger partial charge in [0.05, 0.1) is 5.69 Å². The number of benzene rings is 2. The summed E-state index contributed by atoms with van der Waals surface area (Å²) in [6.07, 6.45) is 7.07. The molecular formula is C24H29N2OPS. The molecule has 0 spiro atoms. The average molecular weight is 425 g/mol. The van der Waals surface area contributed by atoms with E-state index in [4.69, 9.17) is 11.8 Å². The molecule has 0 radical (unpaired) electrons. The van der Waals surface area contributed by atoms with Gasteiger partial charge in [0.25, 0.3) is 0 Å². The van der Waals surface area contributed by atoms with E-state index in [0.717, 1.165) is 37.4 Å². The van der Waals surface area contributed by atoms with Gasteiger partial charge in [0, 0.05) is 12.7 Å². The molecule has 0 amide bonds. The molecule has 152 valence electrons. The van der Waals surface area contributed by atoms with Crippen molar-refractivity contribution < 1.29 is 5.11 Å². The number of aliphatic hydroxyl groups is 1. The molecule has 0 saturated heterocycles. The quantitative estimate of drug-likeness (QED) is 0.437. The molecule has 0 bridgehead atoms. The number of aliphatic hydroxyl groups excluding tert-OH is 1. The molecule has 1 heterocycles. The van der Waals surface area contributed by atoms with E-state index in [-0.39, 0.29) is 0 Å². The molecule has 3 nitrogen and oxygen atoms in total. The summed E-state index contributed by atoms with van der Waals surface area (Å²) < 4.78 is 2.01. The first kappa shape index (κ1) is 21.7. The van der Waals surface area contributed by atoms with E-state index in [2.05, 4.69) is 67.0 Å². The van der Waals surface area contributed by atoms with Crippen LogP contribution < -0.4 is 0 Å². The number of hydrogen-bond acceptors (Lipinski definition) is 3. The fourth-order valence-corrected chi connectivity index (χ4v) is 6.95. The smallest absolute Gasteiger partial charge is 0.143 e. The molecule has 1 N–H and O–H groups in total. The Morgan fingerprint density at radius 2 is 1.55 bits per heavy atom. The van der Waals surface area contributed by atoms with Crippen LogP contribution >= 0.6 is 6.04 Å². The van der Waals surface area contributed by atoms with Crippen molar-refractivity contribution in [1.29, 1.82) is 0 Å². The molecule has 0 aliphatic rings. The van der Waals surface area contributed by atoms with Crippen molar-refractivity contribution in [2.75, 3.05) is 12.3 Å². The Balaban J connectivity index is 1.87. The molecule has 0 saturated carbocycles. The summed E-state index contributed by atoms with van der Waals surface area (Å²) in [7, 11) is 0. The maximum Gasteiger partial charge on any atom is 0.143 e. The van der Waals surface area contributed by atoms with E-state index in [1.165, 1.54) is 11.1 Å². The van der Waals surface area contributed by atoms with Crippen LogP contribution in [0.2, 0.25) is 0 Å². The highest BCUT2D eigenvalue weighted by atomic mass is 32.4. The minimum absolute atomic E-state index is 0.687. The first-order valence-corrected chi connectivity index (χ1v) is 13.3. The van der Waals surface area contributed by atoms with Gasteiger partial charge in [-0.25, -0.2) is 4.98 Å². The lowest BCUT2D eigenvalue weighted by Crippen LogP contribution is -2.14. The Hall–Kier alpha value is -2.00. The Bertz CT molecular complexity index is 922. The molecular weight excluding hydrogens is 395 g/mol. The van der Waals surface area contributed by atoms with Crippen LogP contribution in [0.3, 0.4) is 0 Å². The van der Waals surface area contributed by atoms with E-state index in [0.29, 0.717) is 5.82 Å².